The van der Waals surface area contributed by atoms with E-state index in [1.54, 1.807) is 6.07 Å². The fourth-order valence-electron chi connectivity index (χ4n) is 2.28. The minimum Gasteiger partial charge on any atom is -0.393 e. The van der Waals surface area contributed by atoms with Crippen LogP contribution in [0.15, 0.2) is 24.3 Å². The summed E-state index contributed by atoms with van der Waals surface area (Å²) in [5.41, 5.74) is 1.60. The number of hydrogen-bond donors (Lipinski definition) is 2. The summed E-state index contributed by atoms with van der Waals surface area (Å²) >= 11 is 5.75. The van der Waals surface area contributed by atoms with Gasteiger partial charge in [-0.05, 0) is 43.4 Å². The number of nitrogens with one attached hydrogen (secondary N) is 1. The number of amides is 1. The Balaban J connectivity index is 1.94. The van der Waals surface area contributed by atoms with E-state index in [4.69, 9.17) is 11.6 Å². The van der Waals surface area contributed by atoms with Crippen LogP contribution in [0.3, 0.4) is 0 Å². The predicted molar refractivity (Wildman–Crippen MR) is 71.7 cm³/mol. The van der Waals surface area contributed by atoms with E-state index in [2.05, 4.69) is 5.32 Å². The molecule has 0 aromatic heterocycles. The van der Waals surface area contributed by atoms with Gasteiger partial charge in [0.05, 0.1) is 6.10 Å². The number of carbonyl (C=O) groups is 1. The normalized spacial score (nSPS) is 23.7. The largest absolute Gasteiger partial charge is 0.393 e. The van der Waals surface area contributed by atoms with Gasteiger partial charge in [-0.25, -0.2) is 0 Å². The SMILES string of the molecule is O=C(NC1CCC(O)CC1)c1cccc(CCl)c1. The molecule has 1 fully saturated rings. The van der Waals surface area contributed by atoms with E-state index in [0.29, 0.717) is 11.4 Å². The number of alkyl halides is 1. The van der Waals surface area contributed by atoms with E-state index in [-0.39, 0.29) is 18.1 Å². The first-order valence-corrected chi connectivity index (χ1v) is 6.86. The Bertz CT molecular complexity index is 414. The average Bonchev–Trinajstić information content (AvgIpc) is 2.41. The molecule has 0 heterocycles. The van der Waals surface area contributed by atoms with Crippen LogP contribution >= 0.6 is 11.6 Å². The van der Waals surface area contributed by atoms with Crippen LogP contribution in [0.1, 0.15) is 41.6 Å². The fraction of sp³-hybridized carbons (Fsp3) is 0.500. The minimum absolute atomic E-state index is 0.0524. The highest BCUT2D eigenvalue weighted by molar-refractivity contribution is 6.17. The first-order chi connectivity index (χ1) is 8.69. The number of hydrogen-bond acceptors (Lipinski definition) is 2. The zero-order valence-corrected chi connectivity index (χ0v) is 11.0. The van der Waals surface area contributed by atoms with Crippen molar-refractivity contribution in [2.75, 3.05) is 0 Å². The van der Waals surface area contributed by atoms with Gasteiger partial charge in [0.25, 0.3) is 5.91 Å². The van der Waals surface area contributed by atoms with Crippen molar-refractivity contribution in [2.45, 2.75) is 43.7 Å². The van der Waals surface area contributed by atoms with E-state index in [9.17, 15) is 9.90 Å². The van der Waals surface area contributed by atoms with Gasteiger partial charge in [-0.3, -0.25) is 4.79 Å². The molecule has 0 radical (unpaired) electrons. The number of halogens is 1. The highest BCUT2D eigenvalue weighted by atomic mass is 35.5. The highest BCUT2D eigenvalue weighted by Crippen LogP contribution is 2.19. The van der Waals surface area contributed by atoms with Crippen molar-refractivity contribution in [2.24, 2.45) is 0 Å². The molecule has 2 N–H and O–H groups in total. The standard InChI is InChI=1S/C14H18ClNO2/c15-9-10-2-1-3-11(8-10)14(18)16-12-4-6-13(17)7-5-12/h1-3,8,12-13,17H,4-7,9H2,(H,16,18). The summed E-state index contributed by atoms with van der Waals surface area (Å²) in [6.07, 6.45) is 3.04. The van der Waals surface area contributed by atoms with Crippen LogP contribution in [0.5, 0.6) is 0 Å². The van der Waals surface area contributed by atoms with Crippen molar-refractivity contribution < 1.29 is 9.90 Å². The summed E-state index contributed by atoms with van der Waals surface area (Å²) in [5, 5.41) is 12.4. The molecule has 0 spiro atoms. The quantitative estimate of drug-likeness (QED) is 0.827. The Morgan fingerprint density at radius 1 is 1.33 bits per heavy atom. The van der Waals surface area contributed by atoms with Gasteiger partial charge in [0, 0.05) is 17.5 Å². The van der Waals surface area contributed by atoms with Crippen LogP contribution in [0.25, 0.3) is 0 Å². The number of aliphatic hydroxyl groups excluding tert-OH is 1. The lowest BCUT2D eigenvalue weighted by Gasteiger charge is -2.26. The molecule has 4 heteroatoms. The Morgan fingerprint density at radius 3 is 2.72 bits per heavy atom. The third-order valence-corrected chi connectivity index (χ3v) is 3.68. The molecule has 0 aliphatic heterocycles. The second-order valence-electron chi connectivity index (χ2n) is 4.81. The Hall–Kier alpha value is -1.06. The molecule has 2 rings (SSSR count). The van der Waals surface area contributed by atoms with E-state index in [1.165, 1.54) is 0 Å². The van der Waals surface area contributed by atoms with Gasteiger partial charge in [-0.2, -0.15) is 0 Å². The topological polar surface area (TPSA) is 49.3 Å². The van der Waals surface area contributed by atoms with Crippen LogP contribution in [0, 0.1) is 0 Å². The monoisotopic (exact) mass is 267 g/mol. The lowest BCUT2D eigenvalue weighted by Crippen LogP contribution is -2.38. The first kappa shape index (κ1) is 13.4. The molecule has 0 bridgehead atoms. The fourth-order valence-corrected chi connectivity index (χ4v) is 2.45. The maximum Gasteiger partial charge on any atom is 0.251 e. The highest BCUT2D eigenvalue weighted by Gasteiger charge is 2.21. The van der Waals surface area contributed by atoms with Crippen LogP contribution < -0.4 is 5.32 Å². The molecule has 0 unspecified atom stereocenters. The summed E-state index contributed by atoms with van der Waals surface area (Å²) in [6.45, 7) is 0. The predicted octanol–water partition coefficient (Wildman–Crippen LogP) is 2.46. The van der Waals surface area contributed by atoms with Crippen LogP contribution in [-0.2, 0) is 5.88 Å². The molecule has 98 valence electrons. The Kier molecular flexibility index (Phi) is 4.61. The van der Waals surface area contributed by atoms with Gasteiger partial charge in [-0.15, -0.1) is 11.6 Å². The zero-order valence-electron chi connectivity index (χ0n) is 10.2. The van der Waals surface area contributed by atoms with Crippen molar-refractivity contribution >= 4 is 17.5 Å². The van der Waals surface area contributed by atoms with Crippen molar-refractivity contribution in [3.05, 3.63) is 35.4 Å². The summed E-state index contributed by atoms with van der Waals surface area (Å²) in [5.74, 6) is 0.361. The van der Waals surface area contributed by atoms with Gasteiger partial charge in [0.15, 0.2) is 0 Å². The van der Waals surface area contributed by atoms with Crippen LogP contribution in [-0.4, -0.2) is 23.2 Å². The zero-order chi connectivity index (χ0) is 13.0. The lowest BCUT2D eigenvalue weighted by atomic mass is 9.93. The van der Waals surface area contributed by atoms with Crippen molar-refractivity contribution in [3.63, 3.8) is 0 Å². The average molecular weight is 268 g/mol. The lowest BCUT2D eigenvalue weighted by molar-refractivity contribution is 0.0867. The molecule has 18 heavy (non-hydrogen) atoms. The number of aliphatic hydroxyl groups is 1. The molecule has 1 aliphatic carbocycles. The van der Waals surface area contributed by atoms with Crippen molar-refractivity contribution in [1.29, 1.82) is 0 Å². The molecule has 0 saturated heterocycles. The van der Waals surface area contributed by atoms with Gasteiger partial charge < -0.3 is 10.4 Å². The number of benzene rings is 1. The van der Waals surface area contributed by atoms with Crippen LogP contribution in [0.2, 0.25) is 0 Å². The second kappa shape index (κ2) is 6.21. The third kappa shape index (κ3) is 3.47. The second-order valence-corrected chi connectivity index (χ2v) is 5.08. The third-order valence-electron chi connectivity index (χ3n) is 3.38. The van der Waals surface area contributed by atoms with Gasteiger partial charge in [-0.1, -0.05) is 12.1 Å². The van der Waals surface area contributed by atoms with E-state index >= 15 is 0 Å². The summed E-state index contributed by atoms with van der Waals surface area (Å²) in [4.78, 5) is 12.0. The molecule has 1 aliphatic rings. The number of carbonyl (C=O) groups excluding carboxylic acids is 1. The maximum atomic E-state index is 12.0. The molecule has 3 nitrogen and oxygen atoms in total. The Labute approximate surface area is 112 Å². The maximum absolute atomic E-state index is 12.0. The first-order valence-electron chi connectivity index (χ1n) is 6.33. The van der Waals surface area contributed by atoms with E-state index < -0.39 is 0 Å². The van der Waals surface area contributed by atoms with Crippen molar-refractivity contribution in [3.8, 4) is 0 Å². The molecule has 0 atom stereocenters. The molecular formula is C14H18ClNO2. The summed E-state index contributed by atoms with van der Waals surface area (Å²) in [6, 6.07) is 7.54. The van der Waals surface area contributed by atoms with Gasteiger partial charge in [0.1, 0.15) is 0 Å². The minimum atomic E-state index is -0.197. The smallest absolute Gasteiger partial charge is 0.251 e. The van der Waals surface area contributed by atoms with E-state index in [1.807, 2.05) is 18.2 Å². The molecule has 1 saturated carbocycles. The summed E-state index contributed by atoms with van der Waals surface area (Å²) in [7, 11) is 0. The van der Waals surface area contributed by atoms with Gasteiger partial charge >= 0.3 is 0 Å². The molecule has 1 amide bonds. The number of rotatable bonds is 3. The molecular weight excluding hydrogens is 250 g/mol. The molecule has 1 aromatic rings. The Morgan fingerprint density at radius 2 is 2.06 bits per heavy atom. The molecule has 1 aromatic carbocycles. The van der Waals surface area contributed by atoms with Gasteiger partial charge in [0.2, 0.25) is 0 Å². The van der Waals surface area contributed by atoms with Crippen molar-refractivity contribution in [1.82, 2.24) is 5.32 Å². The van der Waals surface area contributed by atoms with Crippen LogP contribution in [0.4, 0.5) is 0 Å². The summed E-state index contributed by atoms with van der Waals surface area (Å²) < 4.78 is 0. The van der Waals surface area contributed by atoms with E-state index in [0.717, 1.165) is 31.2 Å².